The predicted molar refractivity (Wildman–Crippen MR) is 67.2 cm³/mol. The summed E-state index contributed by atoms with van der Waals surface area (Å²) in [5.74, 6) is 0. The van der Waals surface area contributed by atoms with E-state index in [2.05, 4.69) is 12.2 Å². The smallest absolute Gasteiger partial charge is 0.250 e. The second-order valence-electron chi connectivity index (χ2n) is 4.81. The molecule has 2 rings (SSSR count). The van der Waals surface area contributed by atoms with Crippen molar-refractivity contribution < 1.29 is 4.74 Å². The maximum atomic E-state index is 11.4. The summed E-state index contributed by atoms with van der Waals surface area (Å²) in [6, 6.07) is 5.23. The summed E-state index contributed by atoms with van der Waals surface area (Å²) in [4.78, 5) is 11.4. The van der Waals surface area contributed by atoms with Crippen LogP contribution in [0.2, 0.25) is 0 Å². The molecule has 94 valence electrons. The predicted octanol–water partition coefficient (Wildman–Crippen LogP) is 1.01. The van der Waals surface area contributed by atoms with Gasteiger partial charge in [0.05, 0.1) is 5.60 Å². The summed E-state index contributed by atoms with van der Waals surface area (Å²) in [5.41, 5.74) is 0.0411. The quantitative estimate of drug-likeness (QED) is 0.776. The highest BCUT2D eigenvalue weighted by Crippen LogP contribution is 2.23. The highest BCUT2D eigenvalue weighted by molar-refractivity contribution is 4.93. The molecule has 0 aliphatic carbocycles. The minimum atomic E-state index is -0.0123. The van der Waals surface area contributed by atoms with Gasteiger partial charge in [-0.05, 0) is 25.8 Å². The zero-order chi connectivity index (χ0) is 12.1. The molecule has 1 aliphatic heterocycles. The average molecular weight is 236 g/mol. The van der Waals surface area contributed by atoms with Gasteiger partial charge in [0.1, 0.15) is 0 Å². The van der Waals surface area contributed by atoms with Gasteiger partial charge in [0, 0.05) is 38.5 Å². The van der Waals surface area contributed by atoms with Gasteiger partial charge in [-0.3, -0.25) is 4.79 Å². The zero-order valence-electron chi connectivity index (χ0n) is 10.3. The van der Waals surface area contributed by atoms with Crippen LogP contribution in [0.3, 0.4) is 0 Å². The molecule has 0 bridgehead atoms. The highest BCUT2D eigenvalue weighted by atomic mass is 16.5. The van der Waals surface area contributed by atoms with Crippen molar-refractivity contribution in [1.82, 2.24) is 9.88 Å². The van der Waals surface area contributed by atoms with Crippen molar-refractivity contribution >= 4 is 0 Å². The SMILES string of the molecule is CC1(CNCCn2ccccc2=O)CCCO1. The van der Waals surface area contributed by atoms with Crippen LogP contribution in [-0.4, -0.2) is 29.9 Å². The van der Waals surface area contributed by atoms with Gasteiger partial charge >= 0.3 is 0 Å². The van der Waals surface area contributed by atoms with Gasteiger partial charge in [0.15, 0.2) is 0 Å². The Morgan fingerprint density at radius 3 is 3.12 bits per heavy atom. The van der Waals surface area contributed by atoms with Crippen molar-refractivity contribution in [2.24, 2.45) is 0 Å². The first kappa shape index (κ1) is 12.3. The Bertz CT molecular complexity index is 408. The van der Waals surface area contributed by atoms with Crippen LogP contribution in [0.15, 0.2) is 29.2 Å². The van der Waals surface area contributed by atoms with Gasteiger partial charge in [-0.15, -0.1) is 0 Å². The maximum absolute atomic E-state index is 11.4. The number of ether oxygens (including phenoxy) is 1. The molecule has 0 radical (unpaired) electrons. The van der Waals surface area contributed by atoms with Crippen molar-refractivity contribution in [3.8, 4) is 0 Å². The topological polar surface area (TPSA) is 43.3 Å². The third-order valence-electron chi connectivity index (χ3n) is 3.23. The molecule has 4 heteroatoms. The lowest BCUT2D eigenvalue weighted by Crippen LogP contribution is -2.39. The van der Waals surface area contributed by atoms with E-state index >= 15 is 0 Å². The van der Waals surface area contributed by atoms with E-state index in [-0.39, 0.29) is 11.2 Å². The fourth-order valence-corrected chi connectivity index (χ4v) is 2.17. The summed E-state index contributed by atoms with van der Waals surface area (Å²) < 4.78 is 7.40. The van der Waals surface area contributed by atoms with Crippen LogP contribution >= 0.6 is 0 Å². The highest BCUT2D eigenvalue weighted by Gasteiger charge is 2.28. The van der Waals surface area contributed by atoms with E-state index in [1.54, 1.807) is 16.7 Å². The van der Waals surface area contributed by atoms with E-state index < -0.39 is 0 Å². The van der Waals surface area contributed by atoms with Crippen LogP contribution in [0, 0.1) is 0 Å². The Kier molecular flexibility index (Phi) is 3.97. The molecular formula is C13H20N2O2. The molecule has 1 N–H and O–H groups in total. The molecule has 2 heterocycles. The van der Waals surface area contributed by atoms with E-state index in [0.717, 1.165) is 32.5 Å². The third-order valence-corrected chi connectivity index (χ3v) is 3.23. The average Bonchev–Trinajstić information content (AvgIpc) is 2.74. The number of hydrogen-bond acceptors (Lipinski definition) is 3. The van der Waals surface area contributed by atoms with Gasteiger partial charge in [-0.1, -0.05) is 6.07 Å². The second kappa shape index (κ2) is 5.47. The Morgan fingerprint density at radius 2 is 2.41 bits per heavy atom. The number of nitrogens with one attached hydrogen (secondary N) is 1. The standard InChI is InChI=1S/C13H20N2O2/c1-13(6-4-10-17-13)11-14-7-9-15-8-3-2-5-12(15)16/h2-3,5,8,14H,4,6-7,9-11H2,1H3. The molecule has 0 spiro atoms. The second-order valence-corrected chi connectivity index (χ2v) is 4.81. The Labute approximate surface area is 102 Å². The van der Waals surface area contributed by atoms with Gasteiger partial charge in [-0.25, -0.2) is 0 Å². The molecule has 1 fully saturated rings. The van der Waals surface area contributed by atoms with Crippen LogP contribution in [0.5, 0.6) is 0 Å². The van der Waals surface area contributed by atoms with Crippen LogP contribution in [-0.2, 0) is 11.3 Å². The van der Waals surface area contributed by atoms with Crippen molar-refractivity contribution in [2.45, 2.75) is 31.9 Å². The van der Waals surface area contributed by atoms with Crippen molar-refractivity contribution in [2.75, 3.05) is 19.7 Å². The minimum absolute atomic E-state index is 0.0123. The molecule has 0 saturated carbocycles. The molecule has 17 heavy (non-hydrogen) atoms. The lowest BCUT2D eigenvalue weighted by molar-refractivity contribution is 0.0209. The zero-order valence-corrected chi connectivity index (χ0v) is 10.3. The largest absolute Gasteiger partial charge is 0.374 e. The molecule has 1 aromatic heterocycles. The molecular weight excluding hydrogens is 216 g/mol. The van der Waals surface area contributed by atoms with Gasteiger partial charge < -0.3 is 14.6 Å². The van der Waals surface area contributed by atoms with E-state index in [0.29, 0.717) is 6.54 Å². The van der Waals surface area contributed by atoms with Gasteiger partial charge in [0.2, 0.25) is 0 Å². The molecule has 1 aromatic rings. The van der Waals surface area contributed by atoms with Gasteiger partial charge in [-0.2, -0.15) is 0 Å². The minimum Gasteiger partial charge on any atom is -0.374 e. The number of rotatable bonds is 5. The monoisotopic (exact) mass is 236 g/mol. The van der Waals surface area contributed by atoms with Crippen LogP contribution in [0.4, 0.5) is 0 Å². The first-order chi connectivity index (χ1) is 8.20. The van der Waals surface area contributed by atoms with Crippen molar-refractivity contribution in [3.63, 3.8) is 0 Å². The molecule has 4 nitrogen and oxygen atoms in total. The molecule has 0 aromatic carbocycles. The molecule has 1 atom stereocenters. The summed E-state index contributed by atoms with van der Waals surface area (Å²) in [5, 5.41) is 3.36. The number of pyridine rings is 1. The molecule has 1 saturated heterocycles. The maximum Gasteiger partial charge on any atom is 0.250 e. The fourth-order valence-electron chi connectivity index (χ4n) is 2.17. The van der Waals surface area contributed by atoms with E-state index in [4.69, 9.17) is 4.74 Å². The molecule has 1 aliphatic rings. The summed E-state index contributed by atoms with van der Waals surface area (Å²) >= 11 is 0. The van der Waals surface area contributed by atoms with E-state index in [1.165, 1.54) is 0 Å². The van der Waals surface area contributed by atoms with Crippen molar-refractivity contribution in [3.05, 3.63) is 34.7 Å². The van der Waals surface area contributed by atoms with Crippen LogP contribution in [0.25, 0.3) is 0 Å². The first-order valence-corrected chi connectivity index (χ1v) is 6.20. The van der Waals surface area contributed by atoms with E-state index in [1.807, 2.05) is 12.3 Å². The van der Waals surface area contributed by atoms with Crippen molar-refractivity contribution in [1.29, 1.82) is 0 Å². The Morgan fingerprint density at radius 1 is 1.53 bits per heavy atom. The molecule has 0 amide bonds. The normalized spacial score (nSPS) is 24.1. The third kappa shape index (κ3) is 3.41. The van der Waals surface area contributed by atoms with E-state index in [9.17, 15) is 4.79 Å². The summed E-state index contributed by atoms with van der Waals surface area (Å²) in [6.45, 7) is 5.37. The first-order valence-electron chi connectivity index (χ1n) is 6.20. The number of aromatic nitrogens is 1. The Hall–Kier alpha value is -1.13. The van der Waals surface area contributed by atoms with Crippen LogP contribution < -0.4 is 10.9 Å². The number of nitrogens with zero attached hydrogens (tertiary/aromatic N) is 1. The lowest BCUT2D eigenvalue weighted by Gasteiger charge is -2.23. The lowest BCUT2D eigenvalue weighted by atomic mass is 10.0. The summed E-state index contributed by atoms with van der Waals surface area (Å²) in [6.07, 6.45) is 4.08. The number of hydrogen-bond donors (Lipinski definition) is 1. The fraction of sp³-hybridized carbons (Fsp3) is 0.615. The van der Waals surface area contributed by atoms with Gasteiger partial charge in [0.25, 0.3) is 5.56 Å². The van der Waals surface area contributed by atoms with Crippen LogP contribution in [0.1, 0.15) is 19.8 Å². The summed E-state index contributed by atoms with van der Waals surface area (Å²) in [7, 11) is 0. The Balaban J connectivity index is 1.73. The molecule has 1 unspecified atom stereocenters.